The average molecular weight is 985 g/mol. The Morgan fingerprint density at radius 1 is 0.648 bits per heavy atom. The van der Waals surface area contributed by atoms with Gasteiger partial charge in [-0.05, 0) is 93.1 Å². The van der Waals surface area contributed by atoms with Crippen LogP contribution < -0.4 is 34.6 Å². The standard InChI is InChI=1S/C21H36N2O3.C15H22INO3.C6H15N.HI/c1-7-23(8-2,9-3)15-16-25-19(18-13-11-10-12-14-18)17-22-20(24)26-21(4,5)6;1-15(2,3)20-14(18)17-11-13(19-10-9-16)12-7-5-4-6-8-12;1-4-7(5-2)6-3;/h10-14,19H,7-9,15-17H2,1-6H3;4-8,13H,9-11H2,1-3H3,(H,17,18);4-6H2,1-3H3;1H. The van der Waals surface area contributed by atoms with Crippen LogP contribution in [0, 0.1) is 0 Å². The highest BCUT2D eigenvalue weighted by molar-refractivity contribution is 14.1. The first-order chi connectivity index (χ1) is 25.0. The van der Waals surface area contributed by atoms with Crippen LogP contribution in [-0.4, -0.2) is 109 Å². The first-order valence-electron chi connectivity index (χ1n) is 19.4. The highest BCUT2D eigenvalue weighted by Gasteiger charge is 2.23. The zero-order valence-corrected chi connectivity index (χ0v) is 39.8. The predicted octanol–water partition coefficient (Wildman–Crippen LogP) is 6.20. The van der Waals surface area contributed by atoms with E-state index in [4.69, 9.17) is 18.9 Å². The van der Waals surface area contributed by atoms with E-state index in [0.29, 0.717) is 26.3 Å². The van der Waals surface area contributed by atoms with Crippen molar-refractivity contribution in [2.24, 2.45) is 0 Å². The highest BCUT2D eigenvalue weighted by atomic mass is 127. The molecule has 0 spiro atoms. The average Bonchev–Trinajstić information content (AvgIpc) is 3.12. The number of alkyl carbamates (subject to hydrolysis) is 2. The molecule has 2 aromatic rings. The molecular weight excluding hydrogens is 910 g/mol. The Balaban J connectivity index is 0. The first-order valence-corrected chi connectivity index (χ1v) is 20.9. The summed E-state index contributed by atoms with van der Waals surface area (Å²) in [6.45, 7) is 34.3. The zero-order chi connectivity index (χ0) is 40.3. The predicted molar refractivity (Wildman–Crippen MR) is 228 cm³/mol. The van der Waals surface area contributed by atoms with Gasteiger partial charge in [0.25, 0.3) is 0 Å². The van der Waals surface area contributed by atoms with Gasteiger partial charge >= 0.3 is 12.2 Å². The normalized spacial score (nSPS) is 12.5. The van der Waals surface area contributed by atoms with Gasteiger partial charge in [-0.3, -0.25) is 0 Å². The van der Waals surface area contributed by atoms with Gasteiger partial charge in [0, 0.05) is 4.43 Å². The Labute approximate surface area is 359 Å². The first kappa shape index (κ1) is 54.4. The number of nitrogens with zero attached hydrogens (tertiary/aromatic N) is 2. The van der Waals surface area contributed by atoms with Crippen LogP contribution >= 0.6 is 22.6 Å². The maximum absolute atomic E-state index is 12.0. The molecule has 2 aromatic carbocycles. The Morgan fingerprint density at radius 2 is 1.00 bits per heavy atom. The number of hydrogen-bond donors (Lipinski definition) is 2. The van der Waals surface area contributed by atoms with E-state index in [1.54, 1.807) is 0 Å². The van der Waals surface area contributed by atoms with Crippen LogP contribution in [0.3, 0.4) is 0 Å². The fraction of sp³-hybridized carbons (Fsp3) is 0.667. The molecule has 0 aliphatic carbocycles. The van der Waals surface area contributed by atoms with Crippen LogP contribution in [0.4, 0.5) is 9.59 Å². The lowest BCUT2D eigenvalue weighted by atomic mass is 10.1. The Hall–Kier alpha value is -1.72. The SMILES string of the molecule is CC(C)(C)OC(=O)NCC(OCCI)c1ccccc1.CCN(CC)CC.CC[N+](CC)(CC)CCOC(CNC(=O)OC(C)(C)C)c1ccccc1.[I-]. The molecule has 10 nitrogen and oxygen atoms in total. The highest BCUT2D eigenvalue weighted by Crippen LogP contribution is 2.19. The molecule has 0 bridgehead atoms. The number of nitrogens with one attached hydrogen (secondary N) is 2. The van der Waals surface area contributed by atoms with Gasteiger partial charge in [0.15, 0.2) is 0 Å². The largest absolute Gasteiger partial charge is 1.00 e. The number of likely N-dealkylation sites (N-methyl/N-ethyl adjacent to an activating group) is 1. The number of ether oxygens (including phenoxy) is 4. The van der Waals surface area contributed by atoms with Crippen LogP contribution in [-0.2, 0) is 18.9 Å². The summed E-state index contributed by atoms with van der Waals surface area (Å²) < 4.78 is 24.5. The summed E-state index contributed by atoms with van der Waals surface area (Å²) in [4.78, 5) is 26.0. The fourth-order valence-electron chi connectivity index (χ4n) is 5.25. The van der Waals surface area contributed by atoms with Gasteiger partial charge in [0.2, 0.25) is 0 Å². The second kappa shape index (κ2) is 30.4. The molecule has 12 heteroatoms. The molecular formula is C42H74I2N4O6. The molecule has 2 N–H and O–H groups in total. The van der Waals surface area contributed by atoms with Gasteiger partial charge in [-0.1, -0.05) is 104 Å². The van der Waals surface area contributed by atoms with E-state index in [-0.39, 0.29) is 36.2 Å². The van der Waals surface area contributed by atoms with Crippen molar-refractivity contribution in [3.05, 3.63) is 71.8 Å². The number of rotatable bonds is 19. The molecule has 0 saturated carbocycles. The van der Waals surface area contributed by atoms with Crippen molar-refractivity contribution >= 4 is 34.8 Å². The van der Waals surface area contributed by atoms with Crippen molar-refractivity contribution in [1.82, 2.24) is 15.5 Å². The number of carbonyl (C=O) groups is 2. The van der Waals surface area contributed by atoms with Gasteiger partial charge in [-0.25, -0.2) is 9.59 Å². The van der Waals surface area contributed by atoms with E-state index < -0.39 is 23.4 Å². The monoisotopic (exact) mass is 984 g/mol. The van der Waals surface area contributed by atoms with Crippen LogP contribution in [0.2, 0.25) is 0 Å². The molecule has 2 unspecified atom stereocenters. The van der Waals surface area contributed by atoms with Crippen molar-refractivity contribution in [2.75, 3.05) is 76.5 Å². The third-order valence-electron chi connectivity index (χ3n) is 8.64. The van der Waals surface area contributed by atoms with Gasteiger partial charge in [0.1, 0.15) is 23.9 Å². The van der Waals surface area contributed by atoms with Crippen LogP contribution in [0.15, 0.2) is 60.7 Å². The summed E-state index contributed by atoms with van der Waals surface area (Å²) in [5.41, 5.74) is 1.11. The minimum atomic E-state index is -0.506. The number of amides is 2. The summed E-state index contributed by atoms with van der Waals surface area (Å²) in [7, 11) is 0. The Bertz CT molecular complexity index is 1190. The molecule has 54 heavy (non-hydrogen) atoms. The zero-order valence-electron chi connectivity index (χ0n) is 35.5. The quantitative estimate of drug-likeness (QED) is 0.0984. The molecule has 0 radical (unpaired) electrons. The van der Waals surface area contributed by atoms with Gasteiger partial charge in [-0.15, -0.1) is 0 Å². The summed E-state index contributed by atoms with van der Waals surface area (Å²) in [5.74, 6) is 0. The lowest BCUT2D eigenvalue weighted by Crippen LogP contribution is -3.00. The smallest absolute Gasteiger partial charge is 0.407 e. The fourth-order valence-corrected chi connectivity index (χ4v) is 5.51. The summed E-state index contributed by atoms with van der Waals surface area (Å²) >= 11 is 2.26. The number of hydrogen-bond acceptors (Lipinski definition) is 7. The maximum atomic E-state index is 12.0. The molecule has 0 aromatic heterocycles. The third-order valence-corrected chi connectivity index (χ3v) is 9.08. The van der Waals surface area contributed by atoms with Crippen LogP contribution in [0.1, 0.15) is 106 Å². The van der Waals surface area contributed by atoms with E-state index in [1.165, 1.54) is 19.6 Å². The molecule has 312 valence electrons. The number of quaternary nitrogens is 1. The van der Waals surface area contributed by atoms with Crippen molar-refractivity contribution in [3.8, 4) is 0 Å². The second-order valence-electron chi connectivity index (χ2n) is 14.6. The van der Waals surface area contributed by atoms with E-state index in [9.17, 15) is 9.59 Å². The van der Waals surface area contributed by atoms with Crippen molar-refractivity contribution in [1.29, 1.82) is 0 Å². The van der Waals surface area contributed by atoms with Crippen molar-refractivity contribution in [3.63, 3.8) is 0 Å². The third kappa shape index (κ3) is 26.2. The van der Waals surface area contributed by atoms with E-state index in [0.717, 1.165) is 46.2 Å². The summed E-state index contributed by atoms with van der Waals surface area (Å²) in [6, 6.07) is 19.9. The molecule has 0 aliphatic rings. The van der Waals surface area contributed by atoms with Crippen molar-refractivity contribution < 1.29 is 57.0 Å². The lowest BCUT2D eigenvalue weighted by Gasteiger charge is -2.36. The van der Waals surface area contributed by atoms with Gasteiger partial charge < -0.3 is 62.9 Å². The number of carbonyl (C=O) groups excluding carboxylic acids is 2. The minimum Gasteiger partial charge on any atom is -1.00 e. The summed E-state index contributed by atoms with van der Waals surface area (Å²) in [6.07, 6.45) is -1.17. The number of halogens is 2. The van der Waals surface area contributed by atoms with E-state index in [2.05, 4.69) is 79.7 Å². The lowest BCUT2D eigenvalue weighted by molar-refractivity contribution is -0.923. The van der Waals surface area contributed by atoms with Crippen LogP contribution in [0.25, 0.3) is 0 Å². The Kier molecular flexibility index (Phi) is 30.6. The van der Waals surface area contributed by atoms with Gasteiger partial charge in [0.05, 0.1) is 52.0 Å². The van der Waals surface area contributed by atoms with E-state index in [1.807, 2.05) is 102 Å². The van der Waals surface area contributed by atoms with Gasteiger partial charge in [-0.2, -0.15) is 0 Å². The van der Waals surface area contributed by atoms with Crippen molar-refractivity contribution in [2.45, 2.75) is 106 Å². The number of alkyl halides is 1. The molecule has 2 atom stereocenters. The minimum absolute atomic E-state index is 0. The molecule has 0 saturated heterocycles. The molecule has 0 fully saturated rings. The summed E-state index contributed by atoms with van der Waals surface area (Å²) in [5, 5.41) is 5.59. The van der Waals surface area contributed by atoms with E-state index >= 15 is 0 Å². The Morgan fingerprint density at radius 3 is 1.28 bits per heavy atom. The maximum Gasteiger partial charge on any atom is 0.407 e. The molecule has 0 heterocycles. The topological polar surface area (TPSA) is 98.4 Å². The number of benzene rings is 2. The second-order valence-corrected chi connectivity index (χ2v) is 15.7. The molecule has 0 aliphatic heterocycles. The molecule has 2 amide bonds. The van der Waals surface area contributed by atoms with Crippen LogP contribution in [0.5, 0.6) is 0 Å². The molecule has 2 rings (SSSR count).